The molecule has 0 heterocycles. The van der Waals surface area contributed by atoms with Crippen molar-refractivity contribution >= 4 is 12.0 Å². The zero-order valence-corrected chi connectivity index (χ0v) is 13.2. The van der Waals surface area contributed by atoms with Crippen molar-refractivity contribution in [1.82, 2.24) is 0 Å². The summed E-state index contributed by atoms with van der Waals surface area (Å²) < 4.78 is 5.85. The maximum atomic E-state index is 11.2. The molecule has 4 heteroatoms. The van der Waals surface area contributed by atoms with Crippen LogP contribution >= 0.6 is 0 Å². The van der Waals surface area contributed by atoms with Crippen molar-refractivity contribution in [3.63, 3.8) is 0 Å². The van der Waals surface area contributed by atoms with Crippen molar-refractivity contribution in [2.45, 2.75) is 20.5 Å². The Morgan fingerprint density at radius 2 is 1.87 bits per heavy atom. The second-order valence-electron chi connectivity index (χ2n) is 5.36. The number of primary amides is 1. The molecule has 0 aliphatic heterocycles. The number of carbonyl (C=O) groups is 1. The van der Waals surface area contributed by atoms with Crippen LogP contribution in [0.4, 0.5) is 0 Å². The van der Waals surface area contributed by atoms with Crippen LogP contribution in [0.25, 0.3) is 6.08 Å². The van der Waals surface area contributed by atoms with Gasteiger partial charge in [0.15, 0.2) is 0 Å². The second-order valence-corrected chi connectivity index (χ2v) is 5.36. The summed E-state index contributed by atoms with van der Waals surface area (Å²) in [5.74, 6) is -0.155. The maximum absolute atomic E-state index is 11.2. The standard InChI is InChI=1S/C19H18N2O2/c1-13-7-14(2)9-15(8-13)12-23-18-6-4-3-5-16(18)10-17(11-20)19(21)22/h3-10H,12H2,1-2H3,(H2,21,22)/b17-10+. The number of aryl methyl sites for hydroxylation is 2. The Balaban J connectivity index is 2.24. The van der Waals surface area contributed by atoms with E-state index >= 15 is 0 Å². The van der Waals surface area contributed by atoms with Crippen LogP contribution < -0.4 is 10.5 Å². The minimum atomic E-state index is -0.753. The lowest BCUT2D eigenvalue weighted by Crippen LogP contribution is -2.12. The van der Waals surface area contributed by atoms with E-state index in [2.05, 4.69) is 18.2 Å². The molecule has 1 amide bonds. The van der Waals surface area contributed by atoms with E-state index < -0.39 is 5.91 Å². The van der Waals surface area contributed by atoms with Crippen molar-refractivity contribution in [1.29, 1.82) is 5.26 Å². The van der Waals surface area contributed by atoms with E-state index in [0.717, 1.165) is 5.56 Å². The van der Waals surface area contributed by atoms with Gasteiger partial charge in [-0.25, -0.2) is 0 Å². The van der Waals surface area contributed by atoms with E-state index in [1.165, 1.54) is 17.2 Å². The minimum absolute atomic E-state index is 0.104. The van der Waals surface area contributed by atoms with Crippen LogP contribution in [0.2, 0.25) is 0 Å². The SMILES string of the molecule is Cc1cc(C)cc(COc2ccccc2/C=C(\C#N)C(N)=O)c1. The molecule has 2 aromatic rings. The fourth-order valence-corrected chi connectivity index (χ4v) is 2.36. The molecule has 116 valence electrons. The summed E-state index contributed by atoms with van der Waals surface area (Å²) in [7, 11) is 0. The molecule has 0 saturated heterocycles. The van der Waals surface area contributed by atoms with Crippen LogP contribution in [-0.2, 0) is 11.4 Å². The number of nitrogens with zero attached hydrogens (tertiary/aromatic N) is 1. The molecule has 0 aliphatic rings. The molecular formula is C19H18N2O2. The average Bonchev–Trinajstić information content (AvgIpc) is 2.50. The van der Waals surface area contributed by atoms with Gasteiger partial charge < -0.3 is 10.5 Å². The maximum Gasteiger partial charge on any atom is 0.259 e. The van der Waals surface area contributed by atoms with Crippen LogP contribution in [0.1, 0.15) is 22.3 Å². The molecule has 4 nitrogen and oxygen atoms in total. The normalized spacial score (nSPS) is 10.9. The molecule has 0 spiro atoms. The summed E-state index contributed by atoms with van der Waals surface area (Å²) in [4.78, 5) is 11.2. The summed E-state index contributed by atoms with van der Waals surface area (Å²) in [6.07, 6.45) is 1.44. The molecular weight excluding hydrogens is 288 g/mol. The molecule has 2 aromatic carbocycles. The zero-order valence-electron chi connectivity index (χ0n) is 13.2. The van der Waals surface area contributed by atoms with Gasteiger partial charge in [0.1, 0.15) is 24.0 Å². The highest BCUT2D eigenvalue weighted by Crippen LogP contribution is 2.22. The number of nitrogens with two attached hydrogens (primary N) is 1. The first-order valence-electron chi connectivity index (χ1n) is 7.20. The molecule has 0 radical (unpaired) electrons. The topological polar surface area (TPSA) is 76.1 Å². The lowest BCUT2D eigenvalue weighted by Gasteiger charge is -2.10. The predicted molar refractivity (Wildman–Crippen MR) is 89.5 cm³/mol. The van der Waals surface area contributed by atoms with E-state index in [9.17, 15) is 4.79 Å². The molecule has 0 fully saturated rings. The number of nitriles is 1. The molecule has 0 bridgehead atoms. The van der Waals surface area contributed by atoms with Gasteiger partial charge in [0.2, 0.25) is 0 Å². The Morgan fingerprint density at radius 1 is 1.22 bits per heavy atom. The Labute approximate surface area is 135 Å². The Hall–Kier alpha value is -3.06. The molecule has 0 atom stereocenters. The molecule has 2 rings (SSSR count). The summed E-state index contributed by atoms with van der Waals surface area (Å²) in [5, 5.41) is 8.96. The van der Waals surface area contributed by atoms with Crippen molar-refractivity contribution in [2.75, 3.05) is 0 Å². The molecule has 0 aliphatic carbocycles. The van der Waals surface area contributed by atoms with Crippen molar-refractivity contribution < 1.29 is 9.53 Å². The summed E-state index contributed by atoms with van der Waals surface area (Å²) >= 11 is 0. The van der Waals surface area contributed by atoms with Crippen LogP contribution in [0.15, 0.2) is 48.0 Å². The predicted octanol–water partition coefficient (Wildman–Crippen LogP) is 3.27. The summed E-state index contributed by atoms with van der Waals surface area (Å²) in [5.41, 5.74) is 9.14. The summed E-state index contributed by atoms with van der Waals surface area (Å²) in [6, 6.07) is 15.3. The second kappa shape index (κ2) is 7.28. The number of carbonyl (C=O) groups excluding carboxylic acids is 1. The highest BCUT2D eigenvalue weighted by atomic mass is 16.5. The van der Waals surface area contributed by atoms with Crippen LogP contribution in [0.5, 0.6) is 5.75 Å². The molecule has 0 saturated carbocycles. The summed E-state index contributed by atoms with van der Waals surface area (Å²) in [6.45, 7) is 4.49. The first-order chi connectivity index (χ1) is 11.0. The van der Waals surface area contributed by atoms with E-state index in [0.29, 0.717) is 17.9 Å². The van der Waals surface area contributed by atoms with Gasteiger partial charge in [0.25, 0.3) is 5.91 Å². The van der Waals surface area contributed by atoms with Gasteiger partial charge in [0, 0.05) is 5.56 Å². The van der Waals surface area contributed by atoms with E-state index in [-0.39, 0.29) is 5.57 Å². The number of benzene rings is 2. The number of hydrogen-bond donors (Lipinski definition) is 1. The highest BCUT2D eigenvalue weighted by molar-refractivity contribution is 6.00. The molecule has 0 aromatic heterocycles. The van der Waals surface area contributed by atoms with Crippen molar-refractivity contribution in [3.8, 4) is 11.8 Å². The quantitative estimate of drug-likeness (QED) is 0.680. The Morgan fingerprint density at radius 3 is 2.48 bits per heavy atom. The van der Waals surface area contributed by atoms with Crippen molar-refractivity contribution in [2.24, 2.45) is 5.73 Å². The number of hydrogen-bond acceptors (Lipinski definition) is 3. The van der Waals surface area contributed by atoms with E-state index in [1.807, 2.05) is 26.0 Å². The van der Waals surface area contributed by atoms with Gasteiger partial charge in [-0.2, -0.15) is 5.26 Å². The van der Waals surface area contributed by atoms with Gasteiger partial charge in [-0.15, -0.1) is 0 Å². The monoisotopic (exact) mass is 306 g/mol. The van der Waals surface area contributed by atoms with Crippen LogP contribution in [-0.4, -0.2) is 5.91 Å². The lowest BCUT2D eigenvalue weighted by atomic mass is 10.1. The fourth-order valence-electron chi connectivity index (χ4n) is 2.36. The minimum Gasteiger partial charge on any atom is -0.488 e. The third kappa shape index (κ3) is 4.45. The Kier molecular flexibility index (Phi) is 5.16. The fraction of sp³-hybridized carbons (Fsp3) is 0.158. The lowest BCUT2D eigenvalue weighted by molar-refractivity contribution is -0.114. The zero-order chi connectivity index (χ0) is 16.8. The number of amides is 1. The van der Waals surface area contributed by atoms with Crippen LogP contribution in [0.3, 0.4) is 0 Å². The highest BCUT2D eigenvalue weighted by Gasteiger charge is 2.07. The number of para-hydroxylation sites is 1. The molecule has 0 unspecified atom stereocenters. The smallest absolute Gasteiger partial charge is 0.259 e. The molecule has 23 heavy (non-hydrogen) atoms. The number of rotatable bonds is 5. The van der Waals surface area contributed by atoms with Gasteiger partial charge in [-0.3, -0.25) is 4.79 Å². The van der Waals surface area contributed by atoms with Gasteiger partial charge in [0.05, 0.1) is 0 Å². The first-order valence-corrected chi connectivity index (χ1v) is 7.20. The average molecular weight is 306 g/mol. The number of ether oxygens (including phenoxy) is 1. The first kappa shape index (κ1) is 16.3. The van der Waals surface area contributed by atoms with Gasteiger partial charge in [-0.05, 0) is 31.6 Å². The van der Waals surface area contributed by atoms with Gasteiger partial charge >= 0.3 is 0 Å². The largest absolute Gasteiger partial charge is 0.488 e. The van der Waals surface area contributed by atoms with Crippen LogP contribution in [0, 0.1) is 25.2 Å². The Bertz CT molecular complexity index is 781. The molecule has 2 N–H and O–H groups in total. The van der Waals surface area contributed by atoms with Gasteiger partial charge in [-0.1, -0.05) is 47.5 Å². The van der Waals surface area contributed by atoms with Crippen molar-refractivity contribution in [3.05, 3.63) is 70.3 Å². The van der Waals surface area contributed by atoms with E-state index in [1.54, 1.807) is 18.2 Å². The van der Waals surface area contributed by atoms with E-state index in [4.69, 9.17) is 15.7 Å². The third-order valence-electron chi connectivity index (χ3n) is 3.28. The third-order valence-corrected chi connectivity index (χ3v) is 3.28.